The Balaban J connectivity index is 1.16. The molecular weight excluding hydrogens is 595 g/mol. The highest BCUT2D eigenvalue weighted by atomic mass is 19.1. The number of aliphatic hydroxyl groups is 1. The number of fused-ring (bicyclic) bond motifs is 1. The number of amides is 1. The van der Waals surface area contributed by atoms with Crippen molar-refractivity contribution in [1.29, 1.82) is 0 Å². The number of hydrogen-bond donors (Lipinski definition) is 1. The predicted molar refractivity (Wildman–Crippen MR) is 182 cm³/mol. The third-order valence-corrected chi connectivity index (χ3v) is 10.1. The van der Waals surface area contributed by atoms with Gasteiger partial charge in [-0.3, -0.25) is 4.79 Å². The average molecular weight is 643 g/mol. The molecule has 0 aromatic heterocycles. The summed E-state index contributed by atoms with van der Waals surface area (Å²) in [6.45, 7) is 13.4. The molecule has 1 spiro atoms. The predicted octanol–water partition coefficient (Wildman–Crippen LogP) is 5.93. The first-order valence-corrected chi connectivity index (χ1v) is 16.7. The molecule has 3 aliphatic heterocycles. The van der Waals surface area contributed by atoms with E-state index in [0.29, 0.717) is 25.1 Å². The van der Waals surface area contributed by atoms with Crippen LogP contribution in [0.5, 0.6) is 0 Å². The van der Waals surface area contributed by atoms with Gasteiger partial charge in [-0.25, -0.2) is 9.18 Å². The van der Waals surface area contributed by atoms with Crippen LogP contribution in [0.4, 0.5) is 15.8 Å². The summed E-state index contributed by atoms with van der Waals surface area (Å²) in [4.78, 5) is 35.9. The zero-order chi connectivity index (χ0) is 33.6. The first-order valence-electron chi connectivity index (χ1n) is 16.7. The van der Waals surface area contributed by atoms with Crippen LogP contribution in [-0.2, 0) is 21.5 Å². The van der Waals surface area contributed by atoms with Crippen molar-refractivity contribution in [2.24, 2.45) is 0 Å². The van der Waals surface area contributed by atoms with E-state index in [1.54, 1.807) is 24.3 Å². The summed E-state index contributed by atoms with van der Waals surface area (Å²) in [5, 5.41) is 11.1. The van der Waals surface area contributed by atoms with Crippen molar-refractivity contribution in [2.45, 2.75) is 83.2 Å². The number of nitrogens with zero attached hydrogens (tertiary/aromatic N) is 4. The van der Waals surface area contributed by atoms with Gasteiger partial charge in [-0.2, -0.15) is 0 Å². The summed E-state index contributed by atoms with van der Waals surface area (Å²) in [5.41, 5.74) is 2.53. The molecule has 3 aromatic carbocycles. The molecule has 1 atom stereocenters. The molecule has 47 heavy (non-hydrogen) atoms. The first-order chi connectivity index (χ1) is 22.3. The minimum atomic E-state index is -0.761. The van der Waals surface area contributed by atoms with Crippen molar-refractivity contribution in [3.8, 4) is 0 Å². The molecule has 250 valence electrons. The normalized spacial score (nSPS) is 20.6. The van der Waals surface area contributed by atoms with Crippen molar-refractivity contribution in [3.63, 3.8) is 0 Å². The second-order valence-electron chi connectivity index (χ2n) is 14.7. The lowest BCUT2D eigenvalue weighted by molar-refractivity contribution is -0.134. The Kier molecular flexibility index (Phi) is 8.82. The summed E-state index contributed by atoms with van der Waals surface area (Å²) < 4.78 is 19.6. The molecular formula is C38H47FN4O4. The number of carbonyl (C=O) groups is 2. The Morgan fingerprint density at radius 1 is 0.957 bits per heavy atom. The van der Waals surface area contributed by atoms with Gasteiger partial charge in [0, 0.05) is 43.0 Å². The maximum atomic E-state index is 14.4. The van der Waals surface area contributed by atoms with E-state index in [1.165, 1.54) is 17.7 Å². The number of esters is 1. The second-order valence-corrected chi connectivity index (χ2v) is 14.7. The highest BCUT2D eigenvalue weighted by Crippen LogP contribution is 2.44. The SMILES string of the molecule is CC(C)(C)OC(=O)c1ccccc1CN1CN(c2ccc(F)cc2)C2(CCN(CCCN3c4ccccc4C(C)(C)C3O)CC2)C1=O. The fraction of sp³-hybridized carbons (Fsp3) is 0.474. The number of hydrogen-bond acceptors (Lipinski definition) is 7. The van der Waals surface area contributed by atoms with Gasteiger partial charge in [0.25, 0.3) is 0 Å². The van der Waals surface area contributed by atoms with Gasteiger partial charge in [-0.1, -0.05) is 50.2 Å². The van der Waals surface area contributed by atoms with Crippen LogP contribution in [0.3, 0.4) is 0 Å². The van der Waals surface area contributed by atoms with Crippen molar-refractivity contribution in [2.75, 3.05) is 42.6 Å². The molecule has 1 N–H and O–H groups in total. The van der Waals surface area contributed by atoms with Gasteiger partial charge in [0.2, 0.25) is 5.91 Å². The van der Waals surface area contributed by atoms with Crippen LogP contribution in [0.25, 0.3) is 0 Å². The quantitative estimate of drug-likeness (QED) is 0.306. The number of anilines is 2. The maximum Gasteiger partial charge on any atom is 0.338 e. The molecule has 3 aliphatic rings. The number of carbonyl (C=O) groups excluding carboxylic acids is 2. The largest absolute Gasteiger partial charge is 0.456 e. The molecule has 8 nitrogen and oxygen atoms in total. The Morgan fingerprint density at radius 2 is 1.62 bits per heavy atom. The second kappa shape index (κ2) is 12.6. The third-order valence-electron chi connectivity index (χ3n) is 10.1. The fourth-order valence-corrected chi connectivity index (χ4v) is 7.51. The minimum absolute atomic E-state index is 0.0273. The van der Waals surface area contributed by atoms with Gasteiger partial charge >= 0.3 is 5.97 Å². The van der Waals surface area contributed by atoms with Crippen molar-refractivity contribution < 1.29 is 23.8 Å². The van der Waals surface area contributed by atoms with Crippen LogP contribution in [0, 0.1) is 5.82 Å². The van der Waals surface area contributed by atoms with Crippen LogP contribution in [0.15, 0.2) is 72.8 Å². The summed E-state index contributed by atoms with van der Waals surface area (Å²) in [7, 11) is 0. The van der Waals surface area contributed by atoms with E-state index in [-0.39, 0.29) is 23.7 Å². The van der Waals surface area contributed by atoms with E-state index in [4.69, 9.17) is 4.74 Å². The number of piperidine rings is 1. The molecule has 1 amide bonds. The fourth-order valence-electron chi connectivity index (χ4n) is 7.51. The lowest BCUT2D eigenvalue weighted by Gasteiger charge is -2.43. The lowest BCUT2D eigenvalue weighted by atomic mass is 9.85. The van der Waals surface area contributed by atoms with E-state index in [0.717, 1.165) is 49.5 Å². The van der Waals surface area contributed by atoms with Gasteiger partial charge in [-0.05, 0) is 94.1 Å². The summed E-state index contributed by atoms with van der Waals surface area (Å²) in [5.74, 6) is -0.702. The molecule has 0 bridgehead atoms. The number of aliphatic hydroxyl groups excluding tert-OH is 1. The number of para-hydroxylation sites is 1. The van der Waals surface area contributed by atoms with Crippen molar-refractivity contribution >= 4 is 23.3 Å². The van der Waals surface area contributed by atoms with E-state index in [2.05, 4.69) is 40.7 Å². The highest BCUT2D eigenvalue weighted by molar-refractivity contribution is 5.94. The topological polar surface area (TPSA) is 76.6 Å². The van der Waals surface area contributed by atoms with Crippen LogP contribution >= 0.6 is 0 Å². The van der Waals surface area contributed by atoms with E-state index in [9.17, 15) is 19.1 Å². The number of ether oxygens (including phenoxy) is 1. The summed E-state index contributed by atoms with van der Waals surface area (Å²) in [6, 6.07) is 21.9. The first kappa shape index (κ1) is 33.0. The minimum Gasteiger partial charge on any atom is -0.456 e. The smallest absolute Gasteiger partial charge is 0.338 e. The Morgan fingerprint density at radius 3 is 2.32 bits per heavy atom. The molecule has 3 aromatic rings. The number of halogens is 1. The molecule has 1 unspecified atom stereocenters. The van der Waals surface area contributed by atoms with Crippen LogP contribution in [-0.4, -0.2) is 77.0 Å². The van der Waals surface area contributed by atoms with Crippen LogP contribution in [0.2, 0.25) is 0 Å². The van der Waals surface area contributed by atoms with Crippen molar-refractivity contribution in [1.82, 2.24) is 9.80 Å². The highest BCUT2D eigenvalue weighted by Gasteiger charge is 2.53. The Labute approximate surface area is 277 Å². The van der Waals surface area contributed by atoms with Gasteiger partial charge in [0.05, 0.1) is 12.2 Å². The summed E-state index contributed by atoms with van der Waals surface area (Å²) in [6.07, 6.45) is 1.58. The van der Waals surface area contributed by atoms with Gasteiger partial charge in [-0.15, -0.1) is 0 Å². The molecule has 0 saturated carbocycles. The molecule has 2 saturated heterocycles. The van der Waals surface area contributed by atoms with Gasteiger partial charge in [0.1, 0.15) is 23.2 Å². The molecule has 0 radical (unpaired) electrons. The lowest BCUT2D eigenvalue weighted by Crippen LogP contribution is -2.56. The third kappa shape index (κ3) is 6.35. The molecule has 9 heteroatoms. The van der Waals surface area contributed by atoms with Crippen molar-refractivity contribution in [3.05, 3.63) is 95.3 Å². The standard InChI is InChI=1S/C38H47FN4O4/c1-36(2,3)47-33(44)30-12-7-6-11-27(30)25-41-26-43(29-17-15-28(39)16-18-29)38(35(41)46)19-23-40(24-20-38)21-10-22-42-32-14-9-8-13-31(32)37(4,5)34(42)45/h6-9,11-18,34,45H,10,19-26H2,1-5H3. The maximum absolute atomic E-state index is 14.4. The van der Waals surface area contributed by atoms with Crippen LogP contribution in [0.1, 0.15) is 75.4 Å². The molecule has 3 heterocycles. The number of likely N-dealkylation sites (tertiary alicyclic amines) is 1. The molecule has 6 rings (SSSR count). The number of benzene rings is 3. The zero-order valence-corrected chi connectivity index (χ0v) is 28.2. The van der Waals surface area contributed by atoms with E-state index >= 15 is 0 Å². The van der Waals surface area contributed by atoms with Crippen LogP contribution < -0.4 is 9.80 Å². The van der Waals surface area contributed by atoms with Gasteiger partial charge in [0.15, 0.2) is 0 Å². The summed E-state index contributed by atoms with van der Waals surface area (Å²) >= 11 is 0. The zero-order valence-electron chi connectivity index (χ0n) is 28.2. The average Bonchev–Trinajstić information content (AvgIpc) is 3.40. The Bertz CT molecular complexity index is 1610. The number of rotatable bonds is 8. The van der Waals surface area contributed by atoms with Gasteiger partial charge < -0.3 is 29.4 Å². The van der Waals surface area contributed by atoms with E-state index in [1.807, 2.05) is 49.9 Å². The molecule has 0 aliphatic carbocycles. The monoisotopic (exact) mass is 642 g/mol. The van der Waals surface area contributed by atoms with E-state index < -0.39 is 23.3 Å². The molecule has 2 fully saturated rings. The Hall–Kier alpha value is -3.95.